The number of amides is 1. The summed E-state index contributed by atoms with van der Waals surface area (Å²) in [6.45, 7) is 2.37. The lowest BCUT2D eigenvalue weighted by atomic mass is 10.1. The molecular weight excluding hydrogens is 282 g/mol. The number of carbonyl (C=O) groups is 1. The summed E-state index contributed by atoms with van der Waals surface area (Å²) in [7, 11) is 5.01. The van der Waals surface area contributed by atoms with Crippen molar-refractivity contribution in [3.8, 4) is 11.5 Å². The predicted octanol–water partition coefficient (Wildman–Crippen LogP) is 1.72. The summed E-state index contributed by atoms with van der Waals surface area (Å²) in [5.41, 5.74) is 2.36. The second-order valence-corrected chi connectivity index (χ2v) is 4.98. The molecule has 0 unspecified atom stereocenters. The quantitative estimate of drug-likeness (QED) is 0.882. The molecule has 0 atom stereocenters. The van der Waals surface area contributed by atoms with Crippen LogP contribution < -0.4 is 14.8 Å². The standard InChI is InChI=1S/C16H21N3O3/c1-11-9-14(19(2)18-11)16(20)17-8-7-12-10-13(21-3)5-6-15(12)22-4/h5-6,9-10H,7-8H2,1-4H3,(H,17,20). The molecule has 2 rings (SSSR count). The van der Waals surface area contributed by atoms with Gasteiger partial charge in [0.15, 0.2) is 0 Å². The summed E-state index contributed by atoms with van der Waals surface area (Å²) in [5, 5.41) is 7.06. The van der Waals surface area contributed by atoms with Gasteiger partial charge in [-0.3, -0.25) is 9.48 Å². The topological polar surface area (TPSA) is 65.4 Å². The molecule has 1 N–H and O–H groups in total. The van der Waals surface area contributed by atoms with Crippen LogP contribution in [-0.2, 0) is 13.5 Å². The fourth-order valence-corrected chi connectivity index (χ4v) is 2.30. The van der Waals surface area contributed by atoms with Gasteiger partial charge in [-0.2, -0.15) is 5.10 Å². The summed E-state index contributed by atoms with van der Waals surface area (Å²) in [6.07, 6.45) is 0.656. The number of nitrogens with zero attached hydrogens (tertiary/aromatic N) is 2. The molecule has 0 fully saturated rings. The molecule has 2 aromatic rings. The maximum absolute atomic E-state index is 12.1. The average Bonchev–Trinajstić information content (AvgIpc) is 2.85. The second kappa shape index (κ2) is 6.98. The van der Waals surface area contributed by atoms with Gasteiger partial charge in [0.25, 0.3) is 5.91 Å². The van der Waals surface area contributed by atoms with Crippen molar-refractivity contribution in [2.75, 3.05) is 20.8 Å². The van der Waals surface area contributed by atoms with Crippen molar-refractivity contribution < 1.29 is 14.3 Å². The zero-order valence-electron chi connectivity index (χ0n) is 13.3. The van der Waals surface area contributed by atoms with Crippen molar-refractivity contribution in [1.82, 2.24) is 15.1 Å². The molecule has 1 amide bonds. The van der Waals surface area contributed by atoms with E-state index < -0.39 is 0 Å². The lowest BCUT2D eigenvalue weighted by molar-refractivity contribution is 0.0944. The first-order chi connectivity index (χ1) is 10.5. The van der Waals surface area contributed by atoms with E-state index in [4.69, 9.17) is 9.47 Å². The summed E-state index contributed by atoms with van der Waals surface area (Å²) >= 11 is 0. The van der Waals surface area contributed by atoms with Crippen LogP contribution in [-0.4, -0.2) is 36.5 Å². The molecule has 0 aliphatic rings. The van der Waals surface area contributed by atoms with Crippen LogP contribution in [0.3, 0.4) is 0 Å². The van der Waals surface area contributed by atoms with Crippen LogP contribution in [0.15, 0.2) is 24.3 Å². The monoisotopic (exact) mass is 303 g/mol. The summed E-state index contributed by atoms with van der Waals surface area (Å²) < 4.78 is 12.1. The minimum Gasteiger partial charge on any atom is -0.497 e. The van der Waals surface area contributed by atoms with Crippen LogP contribution in [0, 0.1) is 6.92 Å². The van der Waals surface area contributed by atoms with Crippen molar-refractivity contribution in [3.63, 3.8) is 0 Å². The normalized spacial score (nSPS) is 10.4. The third-order valence-electron chi connectivity index (χ3n) is 3.40. The van der Waals surface area contributed by atoms with Crippen molar-refractivity contribution in [1.29, 1.82) is 0 Å². The molecule has 0 aliphatic heterocycles. The second-order valence-electron chi connectivity index (χ2n) is 4.98. The van der Waals surface area contributed by atoms with E-state index in [1.165, 1.54) is 0 Å². The Morgan fingerprint density at radius 3 is 2.64 bits per heavy atom. The lowest BCUT2D eigenvalue weighted by Gasteiger charge is -2.11. The molecule has 1 heterocycles. The third kappa shape index (κ3) is 3.58. The molecular formula is C16H21N3O3. The number of carbonyl (C=O) groups excluding carboxylic acids is 1. The van der Waals surface area contributed by atoms with Gasteiger partial charge in [0.1, 0.15) is 17.2 Å². The Morgan fingerprint density at radius 2 is 2.05 bits per heavy atom. The van der Waals surface area contributed by atoms with E-state index in [0.717, 1.165) is 22.8 Å². The van der Waals surface area contributed by atoms with Crippen molar-refractivity contribution in [2.24, 2.45) is 7.05 Å². The van der Waals surface area contributed by atoms with Gasteiger partial charge in [0.05, 0.1) is 19.9 Å². The Kier molecular flexibility index (Phi) is 5.04. The minimum absolute atomic E-state index is 0.134. The highest BCUT2D eigenvalue weighted by Crippen LogP contribution is 2.24. The van der Waals surface area contributed by atoms with E-state index in [2.05, 4.69) is 10.4 Å². The van der Waals surface area contributed by atoms with E-state index in [9.17, 15) is 4.79 Å². The van der Waals surface area contributed by atoms with Crippen LogP contribution >= 0.6 is 0 Å². The molecule has 0 aliphatic carbocycles. The van der Waals surface area contributed by atoms with Gasteiger partial charge in [-0.05, 0) is 43.2 Å². The van der Waals surface area contributed by atoms with Crippen molar-refractivity contribution >= 4 is 5.91 Å². The lowest BCUT2D eigenvalue weighted by Crippen LogP contribution is -2.27. The van der Waals surface area contributed by atoms with E-state index in [1.807, 2.05) is 25.1 Å². The molecule has 1 aromatic heterocycles. The number of hydrogen-bond acceptors (Lipinski definition) is 4. The van der Waals surface area contributed by atoms with Gasteiger partial charge in [-0.1, -0.05) is 0 Å². The first kappa shape index (κ1) is 15.9. The SMILES string of the molecule is COc1ccc(OC)c(CCNC(=O)c2cc(C)nn2C)c1. The van der Waals surface area contributed by atoms with Gasteiger partial charge in [-0.25, -0.2) is 0 Å². The minimum atomic E-state index is -0.134. The van der Waals surface area contributed by atoms with Crippen LogP contribution in [0.2, 0.25) is 0 Å². The molecule has 0 saturated carbocycles. The van der Waals surface area contributed by atoms with Crippen molar-refractivity contribution in [2.45, 2.75) is 13.3 Å². The van der Waals surface area contributed by atoms with Crippen LogP contribution in [0.5, 0.6) is 11.5 Å². The van der Waals surface area contributed by atoms with E-state index in [0.29, 0.717) is 18.7 Å². The van der Waals surface area contributed by atoms with E-state index in [-0.39, 0.29) is 5.91 Å². The molecule has 6 heteroatoms. The van der Waals surface area contributed by atoms with Gasteiger partial charge in [-0.15, -0.1) is 0 Å². The van der Waals surface area contributed by atoms with Crippen LogP contribution in [0.1, 0.15) is 21.7 Å². The van der Waals surface area contributed by atoms with Crippen LogP contribution in [0.25, 0.3) is 0 Å². The van der Waals surface area contributed by atoms with Gasteiger partial charge >= 0.3 is 0 Å². The molecule has 0 radical (unpaired) electrons. The van der Waals surface area contributed by atoms with Gasteiger partial charge < -0.3 is 14.8 Å². The zero-order valence-corrected chi connectivity index (χ0v) is 13.3. The highest BCUT2D eigenvalue weighted by atomic mass is 16.5. The molecule has 0 bridgehead atoms. The first-order valence-corrected chi connectivity index (χ1v) is 7.05. The molecule has 6 nitrogen and oxygen atoms in total. The van der Waals surface area contributed by atoms with Crippen molar-refractivity contribution in [3.05, 3.63) is 41.2 Å². The van der Waals surface area contributed by atoms with Gasteiger partial charge in [0, 0.05) is 13.6 Å². The average molecular weight is 303 g/mol. The number of hydrogen-bond donors (Lipinski definition) is 1. The zero-order chi connectivity index (χ0) is 16.1. The number of methoxy groups -OCH3 is 2. The number of aryl methyl sites for hydroxylation is 2. The van der Waals surface area contributed by atoms with E-state index in [1.54, 1.807) is 32.0 Å². The predicted molar refractivity (Wildman–Crippen MR) is 83.5 cm³/mol. The molecule has 1 aromatic carbocycles. The number of rotatable bonds is 6. The summed E-state index contributed by atoms with van der Waals surface area (Å²) in [4.78, 5) is 12.1. The number of benzene rings is 1. The Hall–Kier alpha value is -2.50. The molecule has 0 saturated heterocycles. The Morgan fingerprint density at radius 1 is 1.27 bits per heavy atom. The molecule has 22 heavy (non-hydrogen) atoms. The van der Waals surface area contributed by atoms with Crippen LogP contribution in [0.4, 0.5) is 0 Å². The maximum atomic E-state index is 12.1. The molecule has 118 valence electrons. The number of aromatic nitrogens is 2. The third-order valence-corrected chi connectivity index (χ3v) is 3.40. The largest absolute Gasteiger partial charge is 0.497 e. The van der Waals surface area contributed by atoms with Gasteiger partial charge in [0.2, 0.25) is 0 Å². The maximum Gasteiger partial charge on any atom is 0.269 e. The molecule has 0 spiro atoms. The summed E-state index contributed by atoms with van der Waals surface area (Å²) in [6, 6.07) is 7.39. The summed E-state index contributed by atoms with van der Waals surface area (Å²) in [5.74, 6) is 1.42. The smallest absolute Gasteiger partial charge is 0.269 e. The number of nitrogens with one attached hydrogen (secondary N) is 1. The first-order valence-electron chi connectivity index (χ1n) is 7.05. The fourth-order valence-electron chi connectivity index (χ4n) is 2.30. The fraction of sp³-hybridized carbons (Fsp3) is 0.375. The van der Waals surface area contributed by atoms with E-state index >= 15 is 0 Å². The Bertz CT molecular complexity index is 665. The Labute approximate surface area is 130 Å². The highest BCUT2D eigenvalue weighted by molar-refractivity contribution is 5.92. The Balaban J connectivity index is 1.99. The highest BCUT2D eigenvalue weighted by Gasteiger charge is 2.12. The number of ether oxygens (including phenoxy) is 2.